The zero-order valence-corrected chi connectivity index (χ0v) is 11.1. The number of thiol groups is 2. The number of nitrogens with zero attached hydrogens (tertiary/aromatic N) is 1. The van der Waals surface area contributed by atoms with Gasteiger partial charge >= 0.3 is 6.09 Å². The molecule has 0 heterocycles. The third-order valence-electron chi connectivity index (χ3n) is 2.07. The topological polar surface area (TPSA) is 46.6 Å². The second-order valence-electron chi connectivity index (χ2n) is 3.27. The number of hydrogen-bond acceptors (Lipinski definition) is 5. The second kappa shape index (κ2) is 6.56. The summed E-state index contributed by atoms with van der Waals surface area (Å²) in [5.41, 5.74) is 0.574. The van der Waals surface area contributed by atoms with E-state index in [4.69, 9.17) is 4.74 Å². The third kappa shape index (κ3) is 3.98. The fourth-order valence-electron chi connectivity index (χ4n) is 1.08. The summed E-state index contributed by atoms with van der Waals surface area (Å²) >= 11 is 7.95. The third-order valence-corrected chi connectivity index (χ3v) is 2.75. The van der Waals surface area contributed by atoms with Gasteiger partial charge < -0.3 is 4.74 Å². The molecule has 0 aliphatic rings. The van der Waals surface area contributed by atoms with Crippen molar-refractivity contribution in [2.24, 2.45) is 0 Å². The molecule has 1 amide bonds. The van der Waals surface area contributed by atoms with Gasteiger partial charge in [0, 0.05) is 5.56 Å². The smallest absolute Gasteiger partial charge is 0.410 e. The number of rotatable bonds is 4. The van der Waals surface area contributed by atoms with E-state index in [1.807, 2.05) is 0 Å². The minimum Gasteiger partial charge on any atom is -0.410 e. The lowest BCUT2D eigenvalue weighted by atomic mass is 10.1. The summed E-state index contributed by atoms with van der Waals surface area (Å²) < 4.78 is 5.07. The maximum atomic E-state index is 11.5. The van der Waals surface area contributed by atoms with Crippen LogP contribution < -0.4 is 4.74 Å². The van der Waals surface area contributed by atoms with Gasteiger partial charge in [0.05, 0.1) is 11.8 Å². The molecule has 0 radical (unpaired) electrons. The first-order chi connectivity index (χ1) is 8.08. The number of hydrogen-bond donors (Lipinski definition) is 2. The molecule has 0 aliphatic heterocycles. The average Bonchev–Trinajstić information content (AvgIpc) is 2.31. The normalized spacial score (nSPS) is 9.82. The van der Waals surface area contributed by atoms with Crippen LogP contribution in [0.1, 0.15) is 17.3 Å². The Morgan fingerprint density at radius 3 is 2.12 bits per heavy atom. The second-order valence-corrected chi connectivity index (χ2v) is 3.84. The fourth-order valence-corrected chi connectivity index (χ4v) is 1.67. The van der Waals surface area contributed by atoms with Gasteiger partial charge in [-0.05, 0) is 31.2 Å². The van der Waals surface area contributed by atoms with Crippen LogP contribution in [0, 0.1) is 0 Å². The van der Waals surface area contributed by atoms with Crippen LogP contribution in [0.15, 0.2) is 24.3 Å². The van der Waals surface area contributed by atoms with Gasteiger partial charge in [-0.3, -0.25) is 9.69 Å². The summed E-state index contributed by atoms with van der Waals surface area (Å²) in [6.07, 6.45) is -0.523. The maximum absolute atomic E-state index is 11.5. The molecule has 92 valence electrons. The summed E-state index contributed by atoms with van der Waals surface area (Å²) in [5.74, 6) is 0.811. The Morgan fingerprint density at radius 2 is 1.71 bits per heavy atom. The number of ether oxygens (including phenoxy) is 1. The summed E-state index contributed by atoms with van der Waals surface area (Å²) in [7, 11) is 0. The van der Waals surface area contributed by atoms with Gasteiger partial charge in [-0.25, -0.2) is 4.79 Å². The van der Waals surface area contributed by atoms with Crippen molar-refractivity contribution >= 4 is 37.1 Å². The van der Waals surface area contributed by atoms with Gasteiger partial charge in [0.25, 0.3) is 0 Å². The molecule has 0 unspecified atom stereocenters. The number of carbonyl (C=O) groups excluding carboxylic acids is 2. The Balaban J connectivity index is 2.69. The van der Waals surface area contributed by atoms with E-state index in [2.05, 4.69) is 25.3 Å². The van der Waals surface area contributed by atoms with E-state index in [-0.39, 0.29) is 17.5 Å². The van der Waals surface area contributed by atoms with Crippen molar-refractivity contribution in [1.82, 2.24) is 4.90 Å². The van der Waals surface area contributed by atoms with E-state index >= 15 is 0 Å². The van der Waals surface area contributed by atoms with Crippen LogP contribution in [0.5, 0.6) is 5.75 Å². The molecule has 0 N–H and O–H groups in total. The number of amides is 1. The van der Waals surface area contributed by atoms with Crippen molar-refractivity contribution in [3.05, 3.63) is 29.8 Å². The highest BCUT2D eigenvalue weighted by Crippen LogP contribution is 2.14. The van der Waals surface area contributed by atoms with Crippen LogP contribution in [0.25, 0.3) is 0 Å². The van der Waals surface area contributed by atoms with Crippen LogP contribution in [0.4, 0.5) is 4.79 Å². The minimum atomic E-state index is -0.523. The Hall–Kier alpha value is -1.14. The van der Waals surface area contributed by atoms with E-state index in [1.54, 1.807) is 24.3 Å². The number of Topliss-reactive ketones (excluding diaryl/α,β-unsaturated/α-hetero) is 1. The zero-order valence-electron chi connectivity index (χ0n) is 9.29. The van der Waals surface area contributed by atoms with Crippen molar-refractivity contribution in [3.63, 3.8) is 0 Å². The highest BCUT2D eigenvalue weighted by Gasteiger charge is 2.12. The van der Waals surface area contributed by atoms with Gasteiger partial charge in [-0.1, -0.05) is 0 Å². The van der Waals surface area contributed by atoms with Crippen LogP contribution in [0.3, 0.4) is 0 Å². The van der Waals surface area contributed by atoms with Crippen molar-refractivity contribution in [3.8, 4) is 5.75 Å². The lowest BCUT2D eigenvalue weighted by Gasteiger charge is -2.16. The predicted molar refractivity (Wildman–Crippen MR) is 72.0 cm³/mol. The van der Waals surface area contributed by atoms with Crippen molar-refractivity contribution in [2.75, 3.05) is 11.8 Å². The van der Waals surface area contributed by atoms with Gasteiger partial charge in [0.15, 0.2) is 5.78 Å². The van der Waals surface area contributed by atoms with E-state index in [1.165, 1.54) is 11.8 Å². The molecule has 0 fully saturated rings. The van der Waals surface area contributed by atoms with E-state index in [9.17, 15) is 9.59 Å². The minimum absolute atomic E-state index is 0.0322. The van der Waals surface area contributed by atoms with Crippen molar-refractivity contribution < 1.29 is 14.3 Å². The molecule has 1 rings (SSSR count). The van der Waals surface area contributed by atoms with Crippen LogP contribution in [-0.2, 0) is 0 Å². The number of benzene rings is 1. The van der Waals surface area contributed by atoms with Crippen LogP contribution in [0.2, 0.25) is 0 Å². The largest absolute Gasteiger partial charge is 0.416 e. The maximum Gasteiger partial charge on any atom is 0.416 e. The average molecular weight is 271 g/mol. The first-order valence-corrected chi connectivity index (χ1v) is 6.14. The molecule has 0 atom stereocenters. The first-order valence-electron chi connectivity index (χ1n) is 4.88. The van der Waals surface area contributed by atoms with Gasteiger partial charge in [-0.2, -0.15) is 25.3 Å². The first kappa shape index (κ1) is 13.9. The molecule has 1 aromatic carbocycles. The van der Waals surface area contributed by atoms with E-state index in [0.29, 0.717) is 11.3 Å². The lowest BCUT2D eigenvalue weighted by Crippen LogP contribution is -2.31. The Bertz CT molecular complexity index is 402. The molecular weight excluding hydrogens is 258 g/mol. The highest BCUT2D eigenvalue weighted by atomic mass is 32.1. The molecule has 4 nitrogen and oxygen atoms in total. The molecule has 0 saturated heterocycles. The van der Waals surface area contributed by atoms with Crippen molar-refractivity contribution in [2.45, 2.75) is 6.92 Å². The standard InChI is InChI=1S/C11H13NO3S2/c1-8(13)9-2-4-10(5-3-9)15-11(14)12(6-16)7-17/h2-5,16-17H,6-7H2,1H3. The zero-order chi connectivity index (χ0) is 12.8. The molecule has 0 spiro atoms. The molecular formula is C11H13NO3S2. The number of carbonyl (C=O) groups is 2. The van der Waals surface area contributed by atoms with E-state index in [0.717, 1.165) is 0 Å². The Labute approximate surface area is 111 Å². The molecule has 0 aromatic heterocycles. The summed E-state index contributed by atoms with van der Waals surface area (Å²) in [4.78, 5) is 23.9. The van der Waals surface area contributed by atoms with Gasteiger partial charge in [0.1, 0.15) is 5.75 Å². The summed E-state index contributed by atoms with van der Waals surface area (Å²) in [6, 6.07) is 6.36. The molecule has 17 heavy (non-hydrogen) atoms. The molecule has 0 saturated carbocycles. The van der Waals surface area contributed by atoms with Crippen LogP contribution in [-0.4, -0.2) is 28.5 Å². The van der Waals surface area contributed by atoms with E-state index < -0.39 is 6.09 Å². The van der Waals surface area contributed by atoms with Gasteiger partial charge in [-0.15, -0.1) is 0 Å². The molecule has 6 heteroatoms. The van der Waals surface area contributed by atoms with Crippen LogP contribution >= 0.6 is 25.3 Å². The predicted octanol–water partition coefficient (Wildman–Crippen LogP) is 2.46. The fraction of sp³-hybridized carbons (Fsp3) is 0.273. The highest BCUT2D eigenvalue weighted by molar-refractivity contribution is 7.81. The SMILES string of the molecule is CC(=O)c1ccc(OC(=O)N(CS)CS)cc1. The molecule has 0 bridgehead atoms. The molecule has 1 aromatic rings. The summed E-state index contributed by atoms with van der Waals surface area (Å²) in [5, 5.41) is 0. The van der Waals surface area contributed by atoms with Gasteiger partial charge in [0.2, 0.25) is 0 Å². The number of ketones is 1. The monoisotopic (exact) mass is 271 g/mol. The van der Waals surface area contributed by atoms with Crippen molar-refractivity contribution in [1.29, 1.82) is 0 Å². The Morgan fingerprint density at radius 1 is 1.18 bits per heavy atom. The quantitative estimate of drug-likeness (QED) is 0.502. The Kier molecular flexibility index (Phi) is 5.37. The lowest BCUT2D eigenvalue weighted by molar-refractivity contribution is 0.101. The summed E-state index contributed by atoms with van der Waals surface area (Å²) in [6.45, 7) is 1.48. The molecule has 0 aliphatic carbocycles.